The Morgan fingerprint density at radius 2 is 1.38 bits per heavy atom. The molecule has 0 spiro atoms. The molecular weight excluding hydrogens is 186 g/mol. The Morgan fingerprint density at radius 1 is 1.08 bits per heavy atom. The van der Waals surface area contributed by atoms with E-state index < -0.39 is 14.8 Å². The van der Waals surface area contributed by atoms with Crippen molar-refractivity contribution in [2.75, 3.05) is 0 Å². The van der Waals surface area contributed by atoms with Crippen molar-refractivity contribution in [1.29, 1.82) is 0 Å². The first-order chi connectivity index (χ1) is 5.62. The maximum Gasteiger partial charge on any atom is 0.214 e. The highest BCUT2D eigenvalue weighted by Gasteiger charge is 2.46. The lowest BCUT2D eigenvalue weighted by atomic mass is 9.74. The van der Waals surface area contributed by atoms with E-state index in [0.29, 0.717) is 0 Å². The Bertz CT molecular complexity index is 263. The van der Waals surface area contributed by atoms with E-state index in [-0.39, 0.29) is 5.41 Å². The Hall–Kier alpha value is -0.0900. The van der Waals surface area contributed by atoms with E-state index in [0.717, 1.165) is 12.8 Å². The van der Waals surface area contributed by atoms with Gasteiger partial charge in [0.2, 0.25) is 10.0 Å². The van der Waals surface area contributed by atoms with Gasteiger partial charge in [-0.25, -0.2) is 13.6 Å². The molecule has 0 aliphatic rings. The van der Waals surface area contributed by atoms with Gasteiger partial charge in [0.15, 0.2) is 0 Å². The molecule has 3 nitrogen and oxygen atoms in total. The van der Waals surface area contributed by atoms with Gasteiger partial charge in [-0.2, -0.15) is 0 Å². The van der Waals surface area contributed by atoms with Gasteiger partial charge in [0.05, 0.1) is 4.75 Å². The van der Waals surface area contributed by atoms with Gasteiger partial charge >= 0.3 is 0 Å². The summed E-state index contributed by atoms with van der Waals surface area (Å²) >= 11 is 0. The van der Waals surface area contributed by atoms with Crippen molar-refractivity contribution in [2.24, 2.45) is 10.6 Å². The summed E-state index contributed by atoms with van der Waals surface area (Å²) in [6.07, 6.45) is 1.62. The maximum atomic E-state index is 11.4. The fraction of sp³-hybridized carbons (Fsp3) is 1.00. The predicted molar refractivity (Wildman–Crippen MR) is 55.9 cm³/mol. The van der Waals surface area contributed by atoms with Crippen molar-refractivity contribution in [3.05, 3.63) is 0 Å². The molecule has 2 N–H and O–H groups in total. The van der Waals surface area contributed by atoms with Crippen LogP contribution in [-0.4, -0.2) is 13.2 Å². The molecule has 0 bridgehead atoms. The zero-order valence-corrected chi connectivity index (χ0v) is 10.0. The topological polar surface area (TPSA) is 60.2 Å². The van der Waals surface area contributed by atoms with Gasteiger partial charge in [-0.15, -0.1) is 0 Å². The molecule has 0 aromatic rings. The highest BCUT2D eigenvalue weighted by atomic mass is 32.2. The molecule has 0 fully saturated rings. The fourth-order valence-corrected chi connectivity index (χ4v) is 2.42. The van der Waals surface area contributed by atoms with Gasteiger partial charge in [-0.1, -0.05) is 20.8 Å². The lowest BCUT2D eigenvalue weighted by molar-refractivity contribution is 0.218. The standard InChI is InChI=1S/C9H21NO2S/c1-6-9(5,7-2)8(3,4)13(10,11)12/h6-7H2,1-5H3,(H2,10,11,12). The first-order valence-electron chi connectivity index (χ1n) is 4.64. The van der Waals surface area contributed by atoms with E-state index in [1.807, 2.05) is 20.8 Å². The number of rotatable bonds is 4. The average molecular weight is 207 g/mol. The van der Waals surface area contributed by atoms with Crippen LogP contribution in [0.1, 0.15) is 47.5 Å². The second-order valence-corrected chi connectivity index (χ2v) is 6.43. The molecule has 0 rings (SSSR count). The zero-order valence-electron chi connectivity index (χ0n) is 9.22. The van der Waals surface area contributed by atoms with E-state index in [9.17, 15) is 8.42 Å². The van der Waals surface area contributed by atoms with Crippen molar-refractivity contribution in [2.45, 2.75) is 52.2 Å². The number of nitrogens with two attached hydrogens (primary N) is 1. The molecule has 80 valence electrons. The monoisotopic (exact) mass is 207 g/mol. The minimum Gasteiger partial charge on any atom is -0.228 e. The average Bonchev–Trinajstić information content (AvgIpc) is 2.00. The summed E-state index contributed by atoms with van der Waals surface area (Å²) in [5.41, 5.74) is -0.249. The lowest BCUT2D eigenvalue weighted by Gasteiger charge is -2.41. The van der Waals surface area contributed by atoms with Gasteiger partial charge in [0.25, 0.3) is 0 Å². The summed E-state index contributed by atoms with van der Waals surface area (Å²) in [6, 6.07) is 0. The molecule has 4 heteroatoms. The molecule has 0 saturated heterocycles. The van der Waals surface area contributed by atoms with Gasteiger partial charge in [-0.3, -0.25) is 0 Å². The Morgan fingerprint density at radius 3 is 1.46 bits per heavy atom. The maximum absolute atomic E-state index is 11.4. The summed E-state index contributed by atoms with van der Waals surface area (Å²) in [7, 11) is -3.48. The quantitative estimate of drug-likeness (QED) is 0.765. The molecule has 0 radical (unpaired) electrons. The number of hydrogen-bond donors (Lipinski definition) is 1. The van der Waals surface area contributed by atoms with Crippen molar-refractivity contribution < 1.29 is 8.42 Å². The Kier molecular flexibility index (Phi) is 3.55. The van der Waals surface area contributed by atoms with Crippen LogP contribution in [0, 0.1) is 5.41 Å². The van der Waals surface area contributed by atoms with Crippen LogP contribution in [0.15, 0.2) is 0 Å². The van der Waals surface area contributed by atoms with Crippen molar-refractivity contribution in [3.8, 4) is 0 Å². The predicted octanol–water partition coefficient (Wildman–Crippen LogP) is 1.88. The molecule has 0 aromatic carbocycles. The minimum absolute atomic E-state index is 0.249. The normalized spacial score (nSPS) is 14.6. The summed E-state index contributed by atoms with van der Waals surface area (Å²) in [5.74, 6) is 0. The molecule has 13 heavy (non-hydrogen) atoms. The van der Waals surface area contributed by atoms with Crippen LogP contribution in [0.4, 0.5) is 0 Å². The molecule has 0 amide bonds. The van der Waals surface area contributed by atoms with Crippen LogP contribution in [-0.2, 0) is 10.0 Å². The molecule has 0 aliphatic heterocycles. The molecule has 0 saturated carbocycles. The Balaban J connectivity index is 5.25. The van der Waals surface area contributed by atoms with Crippen molar-refractivity contribution >= 4 is 10.0 Å². The van der Waals surface area contributed by atoms with Gasteiger partial charge in [0, 0.05) is 0 Å². The second kappa shape index (κ2) is 3.58. The smallest absolute Gasteiger partial charge is 0.214 e. The third kappa shape index (κ3) is 2.05. The molecule has 0 aromatic heterocycles. The Labute approximate surface area is 81.8 Å². The van der Waals surface area contributed by atoms with Gasteiger partial charge in [0.1, 0.15) is 0 Å². The number of sulfonamides is 1. The molecule has 0 atom stereocenters. The van der Waals surface area contributed by atoms with Crippen LogP contribution in [0.2, 0.25) is 0 Å². The van der Waals surface area contributed by atoms with E-state index in [1.165, 1.54) is 0 Å². The third-order valence-corrected chi connectivity index (χ3v) is 5.64. The summed E-state index contributed by atoms with van der Waals surface area (Å²) in [4.78, 5) is 0. The van der Waals surface area contributed by atoms with E-state index in [4.69, 9.17) is 5.14 Å². The van der Waals surface area contributed by atoms with Crippen molar-refractivity contribution in [3.63, 3.8) is 0 Å². The van der Waals surface area contributed by atoms with Crippen LogP contribution >= 0.6 is 0 Å². The van der Waals surface area contributed by atoms with E-state index in [2.05, 4.69) is 0 Å². The SMILES string of the molecule is CCC(C)(CC)C(C)(C)S(N)(=O)=O. The first kappa shape index (κ1) is 12.9. The van der Waals surface area contributed by atoms with Gasteiger partial charge < -0.3 is 0 Å². The van der Waals surface area contributed by atoms with Gasteiger partial charge in [-0.05, 0) is 32.1 Å². The van der Waals surface area contributed by atoms with Crippen molar-refractivity contribution in [1.82, 2.24) is 0 Å². The van der Waals surface area contributed by atoms with Crippen LogP contribution in [0.3, 0.4) is 0 Å². The number of hydrogen-bond acceptors (Lipinski definition) is 2. The van der Waals surface area contributed by atoms with Crippen LogP contribution < -0.4 is 5.14 Å². The van der Waals surface area contributed by atoms with E-state index in [1.54, 1.807) is 13.8 Å². The minimum atomic E-state index is -3.48. The highest BCUT2D eigenvalue weighted by molar-refractivity contribution is 7.90. The molecule has 0 unspecified atom stereocenters. The lowest BCUT2D eigenvalue weighted by Crippen LogP contribution is -2.50. The molecule has 0 heterocycles. The fourth-order valence-electron chi connectivity index (χ4n) is 1.44. The second-order valence-electron chi connectivity index (χ2n) is 4.32. The largest absolute Gasteiger partial charge is 0.228 e. The summed E-state index contributed by atoms with van der Waals surface area (Å²) < 4.78 is 21.9. The number of primary sulfonamides is 1. The third-order valence-electron chi connectivity index (χ3n) is 3.73. The van der Waals surface area contributed by atoms with Crippen LogP contribution in [0.25, 0.3) is 0 Å². The van der Waals surface area contributed by atoms with E-state index >= 15 is 0 Å². The highest BCUT2D eigenvalue weighted by Crippen LogP contribution is 2.41. The molecule has 0 aliphatic carbocycles. The summed E-state index contributed by atoms with van der Waals surface area (Å²) in [6.45, 7) is 9.37. The summed E-state index contributed by atoms with van der Waals surface area (Å²) in [5, 5.41) is 5.22. The zero-order chi connectivity index (χ0) is 10.9. The first-order valence-corrected chi connectivity index (χ1v) is 6.19. The molecular formula is C9H21NO2S. The van der Waals surface area contributed by atoms with Crippen LogP contribution in [0.5, 0.6) is 0 Å².